The molecule has 0 aromatic heterocycles. The van der Waals surface area contributed by atoms with Gasteiger partial charge in [-0.05, 0) is 68.5 Å². The smallest absolute Gasteiger partial charge is 0.326 e. The van der Waals surface area contributed by atoms with Crippen molar-refractivity contribution < 1.29 is 38.6 Å². The summed E-state index contributed by atoms with van der Waals surface area (Å²) in [6.07, 6.45) is 19.2. The van der Waals surface area contributed by atoms with E-state index < -0.39 is 41.7 Å². The van der Waals surface area contributed by atoms with Crippen LogP contribution in [-0.4, -0.2) is 122 Å². The summed E-state index contributed by atoms with van der Waals surface area (Å²) in [4.78, 5) is 71.2. The van der Waals surface area contributed by atoms with Gasteiger partial charge in [-0.25, -0.2) is 4.79 Å². The topological polar surface area (TPSA) is 167 Å². The van der Waals surface area contributed by atoms with Crippen molar-refractivity contribution in [3.05, 3.63) is 35.9 Å². The molecule has 1 aromatic rings. The second-order valence-electron chi connectivity index (χ2n) is 20.8. The third kappa shape index (κ3) is 20.1. The minimum atomic E-state index is -1.09. The van der Waals surface area contributed by atoms with Gasteiger partial charge in [-0.2, -0.15) is 0 Å². The van der Waals surface area contributed by atoms with Crippen LogP contribution in [0.15, 0.2) is 30.3 Å². The summed E-state index contributed by atoms with van der Waals surface area (Å²) in [5.74, 6) is -2.58. The Morgan fingerprint density at radius 1 is 0.765 bits per heavy atom. The van der Waals surface area contributed by atoms with Crippen molar-refractivity contribution in [1.82, 2.24) is 25.8 Å². The van der Waals surface area contributed by atoms with Crippen LogP contribution in [0.1, 0.15) is 177 Å². The number of amides is 4. The van der Waals surface area contributed by atoms with Gasteiger partial charge >= 0.3 is 5.97 Å². The minimum absolute atomic E-state index is 0.000389. The molecule has 390 valence electrons. The third-order valence-electron chi connectivity index (χ3n) is 14.9. The lowest BCUT2D eigenvalue weighted by Gasteiger charge is -2.40. The van der Waals surface area contributed by atoms with E-state index in [0.29, 0.717) is 25.8 Å². The monoisotopic (exact) mass is 956 g/mol. The molecule has 0 aliphatic heterocycles. The maximum atomic E-state index is 14.4. The number of rotatable bonds is 38. The molecule has 4 amide bonds. The number of aliphatic carboxylic acids is 1. The number of methoxy groups -OCH3 is 2. The molecule has 0 radical (unpaired) electrons. The zero-order valence-electron chi connectivity index (χ0n) is 44.7. The van der Waals surface area contributed by atoms with Gasteiger partial charge in [0.05, 0.1) is 36.1 Å². The number of nitrogens with zero attached hydrogens (tertiary/aromatic N) is 2. The summed E-state index contributed by atoms with van der Waals surface area (Å²) in [5, 5.41) is 18.8. The lowest BCUT2D eigenvalue weighted by atomic mass is 9.89. The average Bonchev–Trinajstić information content (AvgIpc) is 4.04. The SMILES string of the molecule is CCCCCCCCCCCCCCCN(C)[C@H](C(=O)N[C@H](C(=O)N(C)[C@@H]([C@@H](C)CC)[C@@H](CC(=O)NCCC[C@@H]1C[C@@]1(OC)[C@@H](C)C(=O)N[C@@H](Cc1ccccc1)C(=O)O)OC)C(C)C)C(C)C. The van der Waals surface area contributed by atoms with Crippen molar-refractivity contribution in [1.29, 1.82) is 0 Å². The summed E-state index contributed by atoms with van der Waals surface area (Å²) in [7, 11) is 6.94. The van der Waals surface area contributed by atoms with Crippen LogP contribution < -0.4 is 16.0 Å². The van der Waals surface area contributed by atoms with E-state index in [1.54, 1.807) is 33.1 Å². The predicted octanol–water partition coefficient (Wildman–Crippen LogP) is 9.20. The third-order valence-corrected chi connectivity index (χ3v) is 14.9. The molecule has 13 heteroatoms. The minimum Gasteiger partial charge on any atom is -0.480 e. The Labute approximate surface area is 412 Å². The molecule has 0 spiro atoms. The number of hydrogen-bond acceptors (Lipinski definition) is 8. The maximum Gasteiger partial charge on any atom is 0.326 e. The molecule has 1 aliphatic rings. The number of hydrogen-bond donors (Lipinski definition) is 4. The number of carboxylic acid groups (broad SMARTS) is 1. The van der Waals surface area contributed by atoms with Gasteiger partial charge in [-0.3, -0.25) is 24.1 Å². The number of benzene rings is 1. The van der Waals surface area contributed by atoms with Gasteiger partial charge in [-0.1, -0.05) is 169 Å². The van der Waals surface area contributed by atoms with Crippen LogP contribution >= 0.6 is 0 Å². The molecular formula is C55H97N5O8. The van der Waals surface area contributed by atoms with Crippen LogP contribution in [0, 0.1) is 29.6 Å². The molecule has 13 nitrogen and oxygen atoms in total. The van der Waals surface area contributed by atoms with Gasteiger partial charge < -0.3 is 35.4 Å². The molecule has 0 heterocycles. The molecular weight excluding hydrogens is 859 g/mol. The van der Waals surface area contributed by atoms with Crippen LogP contribution in [0.3, 0.4) is 0 Å². The van der Waals surface area contributed by atoms with Crippen LogP contribution in [0.2, 0.25) is 0 Å². The van der Waals surface area contributed by atoms with Crippen molar-refractivity contribution in [2.45, 2.75) is 213 Å². The van der Waals surface area contributed by atoms with Crippen LogP contribution in [-0.2, 0) is 39.9 Å². The molecule has 1 aromatic carbocycles. The summed E-state index contributed by atoms with van der Waals surface area (Å²) in [6.45, 7) is 17.4. The van der Waals surface area contributed by atoms with Gasteiger partial charge in [0.1, 0.15) is 12.1 Å². The fraction of sp³-hybridized carbons (Fsp3) is 0.800. The lowest BCUT2D eigenvalue weighted by Crippen LogP contribution is -2.59. The zero-order valence-corrected chi connectivity index (χ0v) is 44.7. The van der Waals surface area contributed by atoms with Gasteiger partial charge in [0.15, 0.2) is 0 Å². The Kier molecular flexibility index (Phi) is 28.8. The molecule has 0 unspecified atom stereocenters. The average molecular weight is 956 g/mol. The quantitative estimate of drug-likeness (QED) is 0.0473. The Bertz CT molecular complexity index is 1610. The Balaban J connectivity index is 1.92. The molecule has 1 aliphatic carbocycles. The van der Waals surface area contributed by atoms with Gasteiger partial charge in [0.25, 0.3) is 0 Å². The fourth-order valence-corrected chi connectivity index (χ4v) is 10.3. The van der Waals surface area contributed by atoms with E-state index in [2.05, 4.69) is 55.5 Å². The van der Waals surface area contributed by atoms with E-state index in [1.165, 1.54) is 70.6 Å². The first-order chi connectivity index (χ1) is 32.4. The number of nitrogens with one attached hydrogen (secondary N) is 3. The summed E-state index contributed by atoms with van der Waals surface area (Å²) >= 11 is 0. The lowest BCUT2D eigenvalue weighted by molar-refractivity contribution is -0.144. The highest BCUT2D eigenvalue weighted by molar-refractivity contribution is 5.90. The highest BCUT2D eigenvalue weighted by atomic mass is 16.5. The molecule has 4 N–H and O–H groups in total. The van der Waals surface area contributed by atoms with Crippen molar-refractivity contribution in [2.75, 3.05) is 41.4 Å². The number of unbranched alkanes of at least 4 members (excludes halogenated alkanes) is 12. The fourth-order valence-electron chi connectivity index (χ4n) is 10.3. The molecule has 68 heavy (non-hydrogen) atoms. The molecule has 1 fully saturated rings. The van der Waals surface area contributed by atoms with Crippen molar-refractivity contribution >= 4 is 29.6 Å². The second kappa shape index (κ2) is 32.4. The van der Waals surface area contributed by atoms with Gasteiger partial charge in [0.2, 0.25) is 23.6 Å². The number of carboxylic acids is 1. The Morgan fingerprint density at radius 2 is 1.34 bits per heavy atom. The maximum absolute atomic E-state index is 14.4. The normalized spacial score (nSPS) is 18.9. The molecule has 9 atom stereocenters. The van der Waals surface area contributed by atoms with Gasteiger partial charge in [-0.15, -0.1) is 0 Å². The first kappa shape index (κ1) is 60.6. The Hall–Kier alpha value is -3.55. The number of carbonyl (C=O) groups is 5. The largest absolute Gasteiger partial charge is 0.480 e. The van der Waals surface area contributed by atoms with E-state index in [4.69, 9.17) is 9.47 Å². The van der Waals surface area contributed by atoms with E-state index >= 15 is 0 Å². The highest BCUT2D eigenvalue weighted by Gasteiger charge is 2.60. The van der Waals surface area contributed by atoms with Gasteiger partial charge in [0, 0.05) is 34.2 Å². The van der Waals surface area contributed by atoms with Crippen LogP contribution in [0.4, 0.5) is 0 Å². The standard InChI is InChI=1S/C55H97N5O8/c1-13-15-16-17-18-19-20-21-22-23-24-25-29-35-59(9)49(40(5)6)52(63)58-48(39(3)4)53(64)60(10)50(41(7)14-2)46(67-11)37-47(61)56-34-30-33-44-38-55(44,68-12)42(8)51(62)57-45(54(65)66)36-43-31-27-26-28-32-43/h26-28,31-32,39-42,44-46,48-50H,13-25,29-30,33-38H2,1-12H3,(H,56,61)(H,57,62)(H,58,63)(H,65,66)/t41-,42-,44+,45-,46+,48-,49-,50-,55+/m0/s1. The number of ether oxygens (including phenoxy) is 2. The zero-order chi connectivity index (χ0) is 50.8. The molecule has 1 saturated carbocycles. The summed E-state index contributed by atoms with van der Waals surface area (Å²) in [5.41, 5.74) is 0.124. The number of likely N-dealkylation sites (N-methyl/N-ethyl adjacent to an activating group) is 2. The first-order valence-corrected chi connectivity index (χ1v) is 26.6. The van der Waals surface area contributed by atoms with Crippen molar-refractivity contribution in [2.24, 2.45) is 29.6 Å². The summed E-state index contributed by atoms with van der Waals surface area (Å²) in [6, 6.07) is 6.61. The summed E-state index contributed by atoms with van der Waals surface area (Å²) < 4.78 is 11.9. The van der Waals surface area contributed by atoms with E-state index in [9.17, 15) is 29.1 Å². The Morgan fingerprint density at radius 3 is 1.84 bits per heavy atom. The van der Waals surface area contributed by atoms with Crippen LogP contribution in [0.25, 0.3) is 0 Å². The van der Waals surface area contributed by atoms with E-state index in [-0.39, 0.29) is 66.2 Å². The molecule has 0 saturated heterocycles. The second-order valence-corrected chi connectivity index (χ2v) is 20.8. The van der Waals surface area contributed by atoms with E-state index in [0.717, 1.165) is 31.4 Å². The molecule has 0 bridgehead atoms. The van der Waals surface area contributed by atoms with Crippen LogP contribution in [0.5, 0.6) is 0 Å². The van der Waals surface area contributed by atoms with E-state index in [1.807, 2.05) is 51.2 Å². The first-order valence-electron chi connectivity index (χ1n) is 26.6. The molecule has 2 rings (SSSR count). The van der Waals surface area contributed by atoms with Crippen molar-refractivity contribution in [3.8, 4) is 0 Å². The predicted molar refractivity (Wildman–Crippen MR) is 274 cm³/mol. The highest BCUT2D eigenvalue weighted by Crippen LogP contribution is 2.54. The number of carbonyl (C=O) groups excluding carboxylic acids is 4. The van der Waals surface area contributed by atoms with Crippen molar-refractivity contribution in [3.63, 3.8) is 0 Å².